The van der Waals surface area contributed by atoms with E-state index in [0.717, 1.165) is 19.4 Å². The molecule has 110 valence electrons. The van der Waals surface area contributed by atoms with Gasteiger partial charge in [0.15, 0.2) is 0 Å². The summed E-state index contributed by atoms with van der Waals surface area (Å²) in [6.45, 7) is 1.85. The van der Waals surface area contributed by atoms with Crippen molar-refractivity contribution in [2.24, 2.45) is 0 Å². The van der Waals surface area contributed by atoms with E-state index >= 15 is 0 Å². The summed E-state index contributed by atoms with van der Waals surface area (Å²) in [6.07, 6.45) is 0. The van der Waals surface area contributed by atoms with Crippen molar-refractivity contribution in [2.45, 2.75) is 13.5 Å². The number of amides is 1. The van der Waals surface area contributed by atoms with Gasteiger partial charge in [-0.2, -0.15) is 0 Å². The number of hydrogen-bond donors (Lipinski definition) is 2. The largest absolute Gasteiger partial charge is 0.477 e. The first-order chi connectivity index (χ1) is 9.88. The van der Waals surface area contributed by atoms with Crippen molar-refractivity contribution < 1.29 is 14.7 Å². The van der Waals surface area contributed by atoms with Crippen LogP contribution in [-0.2, 0) is 6.54 Å². The highest BCUT2D eigenvalue weighted by molar-refractivity contribution is 14.1. The second-order valence-electron chi connectivity index (χ2n) is 4.13. The molecule has 1 amide bonds. The molecule has 0 fully saturated rings. The molecule has 0 unspecified atom stereocenters. The molecule has 0 bridgehead atoms. The maximum Gasteiger partial charge on any atom is 0.347 e. The number of nitrogens with zero attached hydrogens (tertiary/aromatic N) is 1. The third kappa shape index (κ3) is 4.01. The first-order valence-corrected chi connectivity index (χ1v) is 8.50. The number of hydrogen-bond acceptors (Lipinski definition) is 4. The van der Waals surface area contributed by atoms with Crippen LogP contribution in [0.5, 0.6) is 0 Å². The number of halogens is 2. The van der Waals surface area contributed by atoms with Gasteiger partial charge in [0, 0.05) is 8.04 Å². The van der Waals surface area contributed by atoms with Gasteiger partial charge in [-0.15, -0.1) is 11.3 Å². The van der Waals surface area contributed by atoms with E-state index in [2.05, 4.69) is 48.8 Å². The van der Waals surface area contributed by atoms with Gasteiger partial charge in [-0.3, -0.25) is 4.79 Å². The smallest absolute Gasteiger partial charge is 0.347 e. The van der Waals surface area contributed by atoms with Crippen molar-refractivity contribution in [3.05, 3.63) is 47.4 Å². The van der Waals surface area contributed by atoms with Crippen LogP contribution in [0.4, 0.5) is 0 Å². The van der Waals surface area contributed by atoms with Crippen LogP contribution in [0, 0.1) is 10.5 Å². The lowest BCUT2D eigenvalue weighted by atomic mass is 10.2. The van der Waals surface area contributed by atoms with Gasteiger partial charge in [-0.25, -0.2) is 9.78 Å². The molecular weight excluding hydrogens is 471 g/mol. The van der Waals surface area contributed by atoms with Crippen LogP contribution in [0.15, 0.2) is 22.7 Å². The van der Waals surface area contributed by atoms with Gasteiger partial charge < -0.3 is 10.4 Å². The molecule has 2 rings (SSSR count). The summed E-state index contributed by atoms with van der Waals surface area (Å²) in [5, 5.41) is 12.3. The monoisotopic (exact) mass is 480 g/mol. The predicted octanol–water partition coefficient (Wildman–Crippen LogP) is 3.45. The molecule has 2 N–H and O–H groups in total. The third-order valence-corrected chi connectivity index (χ3v) is 5.19. The molecule has 0 saturated carbocycles. The van der Waals surface area contributed by atoms with Crippen LogP contribution in [0.2, 0.25) is 0 Å². The van der Waals surface area contributed by atoms with E-state index in [-0.39, 0.29) is 17.3 Å². The third-order valence-electron chi connectivity index (χ3n) is 2.61. The minimum Gasteiger partial charge on any atom is -0.477 e. The highest BCUT2D eigenvalue weighted by Gasteiger charge is 2.15. The van der Waals surface area contributed by atoms with Gasteiger partial charge in [0.05, 0.1) is 17.8 Å². The van der Waals surface area contributed by atoms with E-state index in [0.29, 0.717) is 16.3 Å². The number of aromatic nitrogens is 1. The Hall–Kier alpha value is -1.000. The Balaban J connectivity index is 2.09. The van der Waals surface area contributed by atoms with Crippen molar-refractivity contribution in [3.8, 4) is 0 Å². The van der Waals surface area contributed by atoms with Crippen LogP contribution in [0.3, 0.4) is 0 Å². The molecule has 2 aromatic rings. The number of carbonyl (C=O) groups excluding carboxylic acids is 1. The maximum atomic E-state index is 12.1. The minimum atomic E-state index is -0.996. The lowest BCUT2D eigenvalue weighted by molar-refractivity contribution is 0.0701. The molecule has 0 aliphatic heterocycles. The van der Waals surface area contributed by atoms with Crippen molar-refractivity contribution >= 4 is 61.7 Å². The van der Waals surface area contributed by atoms with Gasteiger partial charge in [-0.05, 0) is 47.7 Å². The molecule has 8 heteroatoms. The van der Waals surface area contributed by atoms with E-state index in [1.807, 2.05) is 12.1 Å². The fourth-order valence-corrected chi connectivity index (χ4v) is 3.43. The molecule has 0 saturated heterocycles. The van der Waals surface area contributed by atoms with Gasteiger partial charge >= 0.3 is 5.97 Å². The minimum absolute atomic E-state index is 0.205. The Kier molecular flexibility index (Phi) is 5.33. The highest BCUT2D eigenvalue weighted by atomic mass is 127. The average Bonchev–Trinajstić information content (AvgIpc) is 2.80. The molecule has 21 heavy (non-hydrogen) atoms. The molecule has 5 nitrogen and oxygen atoms in total. The summed E-state index contributed by atoms with van der Waals surface area (Å²) in [6, 6.07) is 5.45. The number of nitrogens with one attached hydrogen (secondary N) is 1. The normalized spacial score (nSPS) is 10.4. The Morgan fingerprint density at radius 2 is 2.19 bits per heavy atom. The molecule has 0 aliphatic carbocycles. The molecular formula is C13H10BrIN2O3S. The van der Waals surface area contributed by atoms with E-state index in [9.17, 15) is 9.59 Å². The number of aromatic carboxylic acids is 1. The van der Waals surface area contributed by atoms with Crippen molar-refractivity contribution in [1.82, 2.24) is 10.3 Å². The zero-order chi connectivity index (χ0) is 15.6. The lowest BCUT2D eigenvalue weighted by Gasteiger charge is -2.06. The van der Waals surface area contributed by atoms with Crippen molar-refractivity contribution in [1.29, 1.82) is 0 Å². The Morgan fingerprint density at radius 1 is 1.48 bits per heavy atom. The van der Waals surface area contributed by atoms with E-state index < -0.39 is 5.97 Å². The zero-order valence-corrected chi connectivity index (χ0v) is 15.4. The Labute approximate surface area is 147 Å². The second-order valence-corrected chi connectivity index (χ2v) is 7.30. The highest BCUT2D eigenvalue weighted by Crippen LogP contribution is 2.20. The molecule has 0 spiro atoms. The number of aryl methyl sites for hydroxylation is 1. The standard InChI is InChI=1S/C13H10BrIN2O3S/c1-6-11(13(19)20)21-10(17-6)5-16-12(18)8-4-7(14)2-3-9(8)15/h2-4H,5H2,1H3,(H,16,18)(H,19,20). The zero-order valence-electron chi connectivity index (χ0n) is 10.8. The number of benzene rings is 1. The molecule has 1 heterocycles. The number of rotatable bonds is 4. The van der Waals surface area contributed by atoms with Crippen LogP contribution < -0.4 is 5.32 Å². The molecule has 1 aromatic heterocycles. The van der Waals surface area contributed by atoms with Crippen molar-refractivity contribution in [2.75, 3.05) is 0 Å². The lowest BCUT2D eigenvalue weighted by Crippen LogP contribution is -2.23. The van der Waals surface area contributed by atoms with E-state index in [1.165, 1.54) is 0 Å². The van der Waals surface area contributed by atoms with Crippen LogP contribution in [0.1, 0.15) is 30.7 Å². The van der Waals surface area contributed by atoms with Crippen LogP contribution in [0.25, 0.3) is 0 Å². The van der Waals surface area contributed by atoms with Crippen molar-refractivity contribution in [3.63, 3.8) is 0 Å². The predicted molar refractivity (Wildman–Crippen MR) is 91.8 cm³/mol. The summed E-state index contributed by atoms with van der Waals surface area (Å²) >= 11 is 6.50. The fraction of sp³-hybridized carbons (Fsp3) is 0.154. The Bertz CT molecular complexity index is 717. The number of thiazole rings is 1. The van der Waals surface area contributed by atoms with Crippen LogP contribution in [-0.4, -0.2) is 22.0 Å². The maximum absolute atomic E-state index is 12.1. The van der Waals surface area contributed by atoms with E-state index in [4.69, 9.17) is 5.11 Å². The fourth-order valence-electron chi connectivity index (χ4n) is 1.65. The molecule has 0 aliphatic rings. The Morgan fingerprint density at radius 3 is 2.81 bits per heavy atom. The van der Waals surface area contributed by atoms with Crippen LogP contribution >= 0.6 is 49.9 Å². The van der Waals surface area contributed by atoms with Gasteiger partial charge in [0.1, 0.15) is 9.88 Å². The number of carbonyl (C=O) groups is 2. The average molecular weight is 481 g/mol. The summed E-state index contributed by atoms with van der Waals surface area (Å²) in [4.78, 5) is 27.4. The summed E-state index contributed by atoms with van der Waals surface area (Å²) in [5.74, 6) is -1.21. The SMILES string of the molecule is Cc1nc(CNC(=O)c2cc(Br)ccc2I)sc1C(=O)O. The molecule has 0 radical (unpaired) electrons. The van der Waals surface area contributed by atoms with E-state index in [1.54, 1.807) is 13.0 Å². The summed E-state index contributed by atoms with van der Waals surface area (Å²) in [7, 11) is 0. The van der Waals surface area contributed by atoms with Gasteiger partial charge in [0.25, 0.3) is 5.91 Å². The topological polar surface area (TPSA) is 79.3 Å². The summed E-state index contributed by atoms with van der Waals surface area (Å²) in [5.41, 5.74) is 1.03. The molecule has 0 atom stereocenters. The van der Waals surface area contributed by atoms with Gasteiger partial charge in [-0.1, -0.05) is 15.9 Å². The first kappa shape index (κ1) is 16.4. The number of carboxylic acids is 1. The molecule has 1 aromatic carbocycles. The van der Waals surface area contributed by atoms with Gasteiger partial charge in [0.2, 0.25) is 0 Å². The second kappa shape index (κ2) is 6.84. The first-order valence-electron chi connectivity index (χ1n) is 5.81. The number of carboxylic acid groups (broad SMARTS) is 1. The summed E-state index contributed by atoms with van der Waals surface area (Å²) < 4.78 is 1.67. The quantitative estimate of drug-likeness (QED) is 0.657.